The second-order valence-corrected chi connectivity index (χ2v) is 13.7. The van der Waals surface area contributed by atoms with Crippen molar-refractivity contribution in [1.82, 2.24) is 0 Å². The minimum absolute atomic E-state index is 0.0171. The smallest absolute Gasteiger partial charge is 0.318 e. The predicted octanol–water partition coefficient (Wildman–Crippen LogP) is 9.61. The second-order valence-electron chi connectivity index (χ2n) is 13.1. The number of carboxylic acids is 1. The molecule has 0 aliphatic heterocycles. The van der Waals surface area contributed by atoms with Crippen LogP contribution in [0.1, 0.15) is 149 Å². The summed E-state index contributed by atoms with van der Waals surface area (Å²) in [4.78, 5) is 11.7. The van der Waals surface area contributed by atoms with Crippen molar-refractivity contribution in [3.8, 4) is 11.8 Å². The summed E-state index contributed by atoms with van der Waals surface area (Å²) in [5.74, 6) is 4.77. The van der Waals surface area contributed by atoms with E-state index in [4.69, 9.17) is 11.6 Å². The SMILES string of the molecule is CCCCCCCCCCCCCC#CC(CC/C=C\C[C@@H]1[C@H](/C=C/C[C@H](O)C2(CC)CCC2)[C@H](O)C[C@@H]1Cl)C(=O)O. The van der Waals surface area contributed by atoms with Crippen LogP contribution in [0.15, 0.2) is 24.3 Å². The van der Waals surface area contributed by atoms with Gasteiger partial charge in [-0.2, -0.15) is 0 Å². The van der Waals surface area contributed by atoms with Gasteiger partial charge in [0.05, 0.1) is 12.2 Å². The number of aliphatic hydroxyl groups is 2. The highest BCUT2D eigenvalue weighted by Crippen LogP contribution is 2.48. The zero-order valence-corrected chi connectivity index (χ0v) is 27.5. The standard InChI is InChI=1S/C37H61ClO4/c1-3-5-6-7-8-9-10-11-12-13-14-15-17-22-30(36(41)42)23-18-16-19-24-31-32(34(39)29-33(31)38)25-20-26-35(40)37(4-2)27-21-28-37/h16,19-20,25,30-35,39-40H,3-15,18,21,23-24,26-29H2,1-2H3,(H,41,42)/b19-16-,25-20+/t30?,31-,32+,33+,34-,35+/m1/s1. The van der Waals surface area contributed by atoms with E-state index in [2.05, 4.69) is 37.8 Å². The summed E-state index contributed by atoms with van der Waals surface area (Å²) < 4.78 is 0. The van der Waals surface area contributed by atoms with Crippen molar-refractivity contribution in [1.29, 1.82) is 0 Å². The normalized spacial score (nSPS) is 24.9. The quantitative estimate of drug-likeness (QED) is 0.0497. The lowest BCUT2D eigenvalue weighted by atomic mass is 9.63. The van der Waals surface area contributed by atoms with Gasteiger partial charge in [0, 0.05) is 17.7 Å². The molecule has 2 rings (SSSR count). The van der Waals surface area contributed by atoms with Gasteiger partial charge >= 0.3 is 5.97 Å². The van der Waals surface area contributed by atoms with Gasteiger partial charge in [0.15, 0.2) is 0 Å². The van der Waals surface area contributed by atoms with Gasteiger partial charge in [-0.3, -0.25) is 4.79 Å². The summed E-state index contributed by atoms with van der Waals surface area (Å²) in [6.07, 6.45) is 30.1. The van der Waals surface area contributed by atoms with Crippen molar-refractivity contribution >= 4 is 17.6 Å². The van der Waals surface area contributed by atoms with E-state index in [-0.39, 0.29) is 28.7 Å². The molecule has 2 aliphatic carbocycles. The molecule has 0 radical (unpaired) electrons. The molecule has 6 atom stereocenters. The Morgan fingerprint density at radius 3 is 2.19 bits per heavy atom. The lowest BCUT2D eigenvalue weighted by Crippen LogP contribution is -2.40. The summed E-state index contributed by atoms with van der Waals surface area (Å²) in [7, 11) is 0. The van der Waals surface area contributed by atoms with E-state index in [1.54, 1.807) is 0 Å². The van der Waals surface area contributed by atoms with Gasteiger partial charge in [0.2, 0.25) is 0 Å². The number of unbranched alkanes of at least 4 members (excludes halogenated alkanes) is 11. The molecule has 42 heavy (non-hydrogen) atoms. The molecule has 0 bridgehead atoms. The third kappa shape index (κ3) is 13.2. The fourth-order valence-electron chi connectivity index (χ4n) is 6.80. The first-order valence-corrected chi connectivity index (χ1v) is 17.8. The number of carboxylic acid groups (broad SMARTS) is 1. The molecule has 2 fully saturated rings. The second kappa shape index (κ2) is 21.4. The zero-order valence-electron chi connectivity index (χ0n) is 26.8. The van der Waals surface area contributed by atoms with Crippen LogP contribution in [-0.4, -0.2) is 38.9 Å². The molecular weight excluding hydrogens is 544 g/mol. The molecule has 4 nitrogen and oxygen atoms in total. The number of aliphatic carboxylic acids is 1. The number of halogens is 1. The number of hydrogen-bond donors (Lipinski definition) is 3. The summed E-state index contributed by atoms with van der Waals surface area (Å²) in [5, 5.41) is 30.8. The minimum Gasteiger partial charge on any atom is -0.480 e. The number of hydrogen-bond acceptors (Lipinski definition) is 3. The highest BCUT2D eigenvalue weighted by atomic mass is 35.5. The van der Waals surface area contributed by atoms with Crippen LogP contribution in [0, 0.1) is 35.0 Å². The summed E-state index contributed by atoms with van der Waals surface area (Å²) in [6, 6.07) is 0. The third-order valence-electron chi connectivity index (χ3n) is 10.0. The first kappa shape index (κ1) is 36.9. The Balaban J connectivity index is 1.65. The maximum absolute atomic E-state index is 11.7. The van der Waals surface area contributed by atoms with Crippen molar-refractivity contribution in [2.24, 2.45) is 23.2 Å². The fourth-order valence-corrected chi connectivity index (χ4v) is 7.25. The molecule has 0 heterocycles. The monoisotopic (exact) mass is 604 g/mol. The fraction of sp³-hybridized carbons (Fsp3) is 0.811. The number of allylic oxidation sites excluding steroid dienone is 2. The van der Waals surface area contributed by atoms with Crippen molar-refractivity contribution < 1.29 is 20.1 Å². The molecule has 2 saturated carbocycles. The number of rotatable bonds is 22. The maximum Gasteiger partial charge on any atom is 0.318 e. The van der Waals surface area contributed by atoms with Crippen LogP contribution in [0.25, 0.3) is 0 Å². The molecule has 1 unspecified atom stereocenters. The Bertz CT molecular complexity index is 846. The van der Waals surface area contributed by atoms with Crippen LogP contribution in [0.2, 0.25) is 0 Å². The van der Waals surface area contributed by atoms with Crippen LogP contribution < -0.4 is 0 Å². The van der Waals surface area contributed by atoms with Gasteiger partial charge in [-0.1, -0.05) is 115 Å². The van der Waals surface area contributed by atoms with Gasteiger partial charge in [0.25, 0.3) is 0 Å². The lowest BCUT2D eigenvalue weighted by Gasteiger charge is -2.45. The predicted molar refractivity (Wildman–Crippen MR) is 177 cm³/mol. The van der Waals surface area contributed by atoms with Crippen molar-refractivity contribution in [3.05, 3.63) is 24.3 Å². The third-order valence-corrected chi connectivity index (χ3v) is 10.5. The van der Waals surface area contributed by atoms with Crippen molar-refractivity contribution in [2.75, 3.05) is 0 Å². The van der Waals surface area contributed by atoms with Crippen LogP contribution in [0.3, 0.4) is 0 Å². The molecule has 0 amide bonds. The summed E-state index contributed by atoms with van der Waals surface area (Å²) >= 11 is 6.61. The first-order valence-electron chi connectivity index (χ1n) is 17.4. The van der Waals surface area contributed by atoms with E-state index in [1.165, 1.54) is 70.6 Å². The Labute approximate surface area is 262 Å². The van der Waals surface area contributed by atoms with Gasteiger partial charge in [0.1, 0.15) is 5.92 Å². The van der Waals surface area contributed by atoms with Crippen LogP contribution in [-0.2, 0) is 4.79 Å². The zero-order chi connectivity index (χ0) is 30.6. The van der Waals surface area contributed by atoms with Crippen LogP contribution in [0.4, 0.5) is 0 Å². The van der Waals surface area contributed by atoms with E-state index in [1.807, 2.05) is 12.2 Å². The van der Waals surface area contributed by atoms with Crippen molar-refractivity contribution in [2.45, 2.75) is 166 Å². The number of aliphatic hydroxyl groups excluding tert-OH is 2. The highest BCUT2D eigenvalue weighted by molar-refractivity contribution is 6.21. The largest absolute Gasteiger partial charge is 0.480 e. The van der Waals surface area contributed by atoms with Crippen molar-refractivity contribution in [3.63, 3.8) is 0 Å². The van der Waals surface area contributed by atoms with E-state index in [0.717, 1.165) is 38.5 Å². The van der Waals surface area contributed by atoms with Gasteiger partial charge < -0.3 is 15.3 Å². The molecular formula is C37H61ClO4. The van der Waals surface area contributed by atoms with E-state index >= 15 is 0 Å². The van der Waals surface area contributed by atoms with Crippen LogP contribution in [0.5, 0.6) is 0 Å². The van der Waals surface area contributed by atoms with Gasteiger partial charge in [-0.05, 0) is 69.1 Å². The molecule has 0 aromatic rings. The van der Waals surface area contributed by atoms with Gasteiger partial charge in [-0.25, -0.2) is 0 Å². The molecule has 2 aliphatic rings. The minimum atomic E-state index is -0.839. The molecule has 0 spiro atoms. The molecule has 240 valence electrons. The summed E-state index contributed by atoms with van der Waals surface area (Å²) in [5.41, 5.74) is 0.0840. The molecule has 0 aromatic heterocycles. The number of alkyl halides is 1. The topological polar surface area (TPSA) is 77.8 Å². The van der Waals surface area contributed by atoms with E-state index < -0.39 is 18.0 Å². The van der Waals surface area contributed by atoms with E-state index in [0.29, 0.717) is 25.7 Å². The lowest BCUT2D eigenvalue weighted by molar-refractivity contribution is -0.139. The number of carbonyl (C=O) groups is 1. The average Bonchev–Trinajstić information content (AvgIpc) is 3.20. The molecule has 0 saturated heterocycles. The summed E-state index contributed by atoms with van der Waals surface area (Å²) in [6.45, 7) is 4.42. The molecule has 3 N–H and O–H groups in total. The van der Waals surface area contributed by atoms with E-state index in [9.17, 15) is 20.1 Å². The Kier molecular flexibility index (Phi) is 18.8. The molecule has 0 aromatic carbocycles. The average molecular weight is 605 g/mol. The maximum atomic E-state index is 11.7. The van der Waals surface area contributed by atoms with Gasteiger partial charge in [-0.15, -0.1) is 17.5 Å². The first-order chi connectivity index (χ1) is 20.3. The van der Waals surface area contributed by atoms with Crippen LogP contribution >= 0.6 is 11.6 Å². The Morgan fingerprint density at radius 1 is 0.976 bits per heavy atom. The highest BCUT2D eigenvalue weighted by Gasteiger charge is 2.42. The Morgan fingerprint density at radius 2 is 1.62 bits per heavy atom. The Hall–Kier alpha value is -1.28. The molecule has 5 heteroatoms.